The second-order valence-corrected chi connectivity index (χ2v) is 10.4. The molecule has 0 atom stereocenters. The van der Waals surface area contributed by atoms with Gasteiger partial charge in [0.1, 0.15) is 15.3 Å². The van der Waals surface area contributed by atoms with Gasteiger partial charge in [0.05, 0.1) is 13.3 Å². The third-order valence-electron chi connectivity index (χ3n) is 4.76. The summed E-state index contributed by atoms with van der Waals surface area (Å²) in [5, 5.41) is 0. The maximum absolute atomic E-state index is 15.3. The van der Waals surface area contributed by atoms with E-state index in [1.54, 1.807) is 26.0 Å². The van der Waals surface area contributed by atoms with Gasteiger partial charge in [-0.15, -0.1) is 0 Å². The average molecular weight is 520 g/mol. The van der Waals surface area contributed by atoms with Gasteiger partial charge in [-0.25, -0.2) is 9.97 Å². The van der Waals surface area contributed by atoms with Crippen molar-refractivity contribution in [2.45, 2.75) is 23.6 Å². The molecule has 0 saturated heterocycles. The Morgan fingerprint density at radius 2 is 1.20 bits per heavy atom. The fourth-order valence-corrected chi connectivity index (χ4v) is 4.68. The van der Waals surface area contributed by atoms with Crippen LogP contribution >= 0.6 is 0 Å². The fourth-order valence-electron chi connectivity index (χ4n) is 2.90. The van der Waals surface area contributed by atoms with Crippen LogP contribution in [0.3, 0.4) is 0 Å². The largest absolute Gasteiger partial charge is 0.480 e. The number of pyridine rings is 1. The number of nitrogens with zero attached hydrogens (tertiary/aromatic N) is 3. The van der Waals surface area contributed by atoms with Gasteiger partial charge in [-0.1, -0.05) is 35.4 Å². The second kappa shape index (κ2) is 9.07. The van der Waals surface area contributed by atoms with Crippen molar-refractivity contribution in [1.82, 2.24) is 15.0 Å². The normalized spacial score (nSPS) is 11.9. The Balaban J connectivity index is 1.85. The Bertz CT molecular complexity index is 1620. The van der Waals surface area contributed by atoms with E-state index in [4.69, 9.17) is 13.1 Å². The SMILES string of the molecule is COc1cnc2c(OS(=O)(=O)c3ccc(C)cc3)nc(OS(=O)(=O)c3ccc(C)cc3)c(F)c2n1. The number of hydrogen-bond donors (Lipinski definition) is 0. The number of ether oxygens (including phenoxy) is 1. The molecule has 0 amide bonds. The Hall–Kier alpha value is -3.84. The molecule has 4 rings (SSSR count). The number of rotatable bonds is 7. The van der Waals surface area contributed by atoms with Gasteiger partial charge in [0.2, 0.25) is 11.7 Å². The van der Waals surface area contributed by atoms with Crippen molar-refractivity contribution in [2.75, 3.05) is 7.11 Å². The zero-order valence-corrected chi connectivity index (χ0v) is 20.2. The molecule has 0 radical (unpaired) electrons. The predicted molar refractivity (Wildman–Crippen MR) is 122 cm³/mol. The van der Waals surface area contributed by atoms with Crippen LogP contribution in [0.5, 0.6) is 17.6 Å². The van der Waals surface area contributed by atoms with Crippen LogP contribution in [0.15, 0.2) is 64.5 Å². The topological polar surface area (TPSA) is 135 Å². The van der Waals surface area contributed by atoms with Crippen LogP contribution in [0.4, 0.5) is 4.39 Å². The van der Waals surface area contributed by atoms with Gasteiger partial charge in [0.25, 0.3) is 11.8 Å². The van der Waals surface area contributed by atoms with E-state index in [0.717, 1.165) is 17.3 Å². The molecule has 4 aromatic rings. The lowest BCUT2D eigenvalue weighted by Crippen LogP contribution is -2.15. The number of methoxy groups -OCH3 is 1. The quantitative estimate of drug-likeness (QED) is 0.335. The molecule has 10 nitrogen and oxygen atoms in total. The smallest absolute Gasteiger partial charge is 0.340 e. The summed E-state index contributed by atoms with van der Waals surface area (Å²) in [5.74, 6) is -3.23. The Kier molecular flexibility index (Phi) is 6.30. The standard InChI is InChI=1S/C22H18FN3O7S2/c1-13-4-8-15(9-5-13)34(27,28)32-21-18(23)19-20(24-12-17(25-19)31-3)22(26-21)33-35(29,30)16-10-6-14(2)7-11-16/h4-12H,1-3H3. The highest BCUT2D eigenvalue weighted by Gasteiger charge is 2.28. The van der Waals surface area contributed by atoms with E-state index >= 15 is 4.39 Å². The lowest BCUT2D eigenvalue weighted by atomic mass is 10.2. The molecule has 182 valence electrons. The van der Waals surface area contributed by atoms with Crippen LogP contribution in [-0.2, 0) is 20.2 Å². The Morgan fingerprint density at radius 3 is 1.69 bits per heavy atom. The van der Waals surface area contributed by atoms with Crippen LogP contribution in [0.1, 0.15) is 11.1 Å². The molecule has 0 unspecified atom stereocenters. The van der Waals surface area contributed by atoms with E-state index in [1.807, 2.05) is 0 Å². The highest BCUT2D eigenvalue weighted by molar-refractivity contribution is 7.87. The molecule has 2 aromatic carbocycles. The number of aromatic nitrogens is 3. The molecule has 0 aliphatic rings. The first-order valence-electron chi connectivity index (χ1n) is 9.93. The summed E-state index contributed by atoms with van der Waals surface area (Å²) in [7, 11) is -7.74. The molecule has 13 heteroatoms. The summed E-state index contributed by atoms with van der Waals surface area (Å²) in [5.41, 5.74) is 0.643. The lowest BCUT2D eigenvalue weighted by Gasteiger charge is -2.12. The minimum atomic E-state index is -4.54. The summed E-state index contributed by atoms with van der Waals surface area (Å²) < 4.78 is 81.3. The molecular weight excluding hydrogens is 501 g/mol. The summed E-state index contributed by atoms with van der Waals surface area (Å²) in [6, 6.07) is 11.3. The van der Waals surface area contributed by atoms with Gasteiger partial charge in [0.15, 0.2) is 5.52 Å². The van der Waals surface area contributed by atoms with Gasteiger partial charge < -0.3 is 13.1 Å². The van der Waals surface area contributed by atoms with Gasteiger partial charge in [0, 0.05) is 0 Å². The summed E-state index contributed by atoms with van der Waals surface area (Å²) in [6.45, 7) is 3.53. The van der Waals surface area contributed by atoms with E-state index in [-0.39, 0.29) is 21.2 Å². The van der Waals surface area contributed by atoms with Gasteiger partial charge in [-0.05, 0) is 38.1 Å². The molecule has 0 N–H and O–H groups in total. The predicted octanol–water partition coefficient (Wildman–Crippen LogP) is 3.32. The van der Waals surface area contributed by atoms with E-state index in [2.05, 4.69) is 15.0 Å². The number of halogens is 1. The molecule has 0 aliphatic heterocycles. The first-order chi connectivity index (χ1) is 16.5. The van der Waals surface area contributed by atoms with Crippen molar-refractivity contribution in [3.63, 3.8) is 0 Å². The molecule has 35 heavy (non-hydrogen) atoms. The highest BCUT2D eigenvalue weighted by Crippen LogP contribution is 2.33. The number of aryl methyl sites for hydroxylation is 2. The lowest BCUT2D eigenvalue weighted by molar-refractivity contribution is 0.396. The Labute approximate surface area is 200 Å². The summed E-state index contributed by atoms with van der Waals surface area (Å²) in [4.78, 5) is 11.0. The van der Waals surface area contributed by atoms with E-state index in [1.165, 1.54) is 43.5 Å². The molecular formula is C22H18FN3O7S2. The number of fused-ring (bicyclic) bond motifs is 1. The van der Waals surface area contributed by atoms with E-state index in [0.29, 0.717) is 0 Å². The minimum absolute atomic E-state index is 0.123. The highest BCUT2D eigenvalue weighted by atomic mass is 32.2. The molecule has 0 bridgehead atoms. The van der Waals surface area contributed by atoms with E-state index < -0.39 is 43.3 Å². The van der Waals surface area contributed by atoms with E-state index in [9.17, 15) is 16.8 Å². The number of hydrogen-bond acceptors (Lipinski definition) is 10. The molecule has 2 heterocycles. The van der Waals surface area contributed by atoms with Crippen molar-refractivity contribution in [1.29, 1.82) is 0 Å². The molecule has 0 fully saturated rings. The van der Waals surface area contributed by atoms with Gasteiger partial charge in [-0.2, -0.15) is 26.2 Å². The third-order valence-corrected chi connectivity index (χ3v) is 7.21. The van der Waals surface area contributed by atoms with Crippen LogP contribution in [0.2, 0.25) is 0 Å². The monoisotopic (exact) mass is 519 g/mol. The Morgan fingerprint density at radius 1 is 0.714 bits per heavy atom. The average Bonchev–Trinajstić information content (AvgIpc) is 2.82. The van der Waals surface area contributed by atoms with Gasteiger partial charge in [-0.3, -0.25) is 0 Å². The van der Waals surface area contributed by atoms with Crippen molar-refractivity contribution in [3.8, 4) is 17.6 Å². The van der Waals surface area contributed by atoms with Crippen molar-refractivity contribution in [3.05, 3.63) is 71.7 Å². The van der Waals surface area contributed by atoms with Crippen molar-refractivity contribution in [2.24, 2.45) is 0 Å². The van der Waals surface area contributed by atoms with Crippen LogP contribution in [0.25, 0.3) is 11.0 Å². The third kappa shape index (κ3) is 5.00. The molecule has 0 aliphatic carbocycles. The van der Waals surface area contributed by atoms with Crippen molar-refractivity contribution >= 4 is 31.3 Å². The molecule has 0 saturated carbocycles. The second-order valence-electron chi connectivity index (χ2n) is 7.35. The van der Waals surface area contributed by atoms with Crippen LogP contribution in [0, 0.1) is 19.7 Å². The summed E-state index contributed by atoms with van der Waals surface area (Å²) in [6.07, 6.45) is 1.10. The minimum Gasteiger partial charge on any atom is -0.480 e. The fraction of sp³-hybridized carbons (Fsp3) is 0.136. The zero-order chi connectivity index (χ0) is 25.4. The number of benzene rings is 2. The maximum Gasteiger partial charge on any atom is 0.340 e. The van der Waals surface area contributed by atoms with Crippen molar-refractivity contribution < 1.29 is 34.3 Å². The molecule has 0 spiro atoms. The van der Waals surface area contributed by atoms with Gasteiger partial charge >= 0.3 is 20.2 Å². The first kappa shape index (κ1) is 24.3. The summed E-state index contributed by atoms with van der Waals surface area (Å²) >= 11 is 0. The molecule has 2 aromatic heterocycles. The maximum atomic E-state index is 15.3. The first-order valence-corrected chi connectivity index (χ1v) is 12.7. The van der Waals surface area contributed by atoms with Crippen LogP contribution < -0.4 is 13.1 Å². The van der Waals surface area contributed by atoms with Crippen LogP contribution in [-0.4, -0.2) is 38.9 Å². The zero-order valence-electron chi connectivity index (χ0n) is 18.6.